The Hall–Kier alpha value is -3.46. The summed E-state index contributed by atoms with van der Waals surface area (Å²) in [5.74, 6) is -1.29. The number of halogens is 1. The van der Waals surface area contributed by atoms with E-state index in [1.807, 2.05) is 42.5 Å². The molecule has 0 spiro atoms. The van der Waals surface area contributed by atoms with Gasteiger partial charge in [-0.05, 0) is 63.2 Å². The number of carbonyl (C=O) groups is 1. The van der Waals surface area contributed by atoms with Gasteiger partial charge in [-0.25, -0.2) is 4.39 Å². The van der Waals surface area contributed by atoms with Crippen LogP contribution in [0.15, 0.2) is 78.9 Å². The van der Waals surface area contributed by atoms with E-state index in [-0.39, 0.29) is 12.2 Å². The van der Waals surface area contributed by atoms with E-state index in [4.69, 9.17) is 5.11 Å². The summed E-state index contributed by atoms with van der Waals surface area (Å²) in [7, 11) is 0. The Balaban J connectivity index is 1.69. The molecule has 2 nitrogen and oxygen atoms in total. The van der Waals surface area contributed by atoms with Crippen molar-refractivity contribution >= 4 is 23.2 Å². The molecule has 0 fully saturated rings. The number of carboxylic acid groups (broad SMARTS) is 1. The number of hydrogen-bond donors (Lipinski definition) is 1. The molecule has 3 heteroatoms. The molecule has 0 bridgehead atoms. The fourth-order valence-electron chi connectivity index (χ4n) is 3.39. The van der Waals surface area contributed by atoms with E-state index in [0.29, 0.717) is 11.1 Å². The molecule has 0 amide bonds. The summed E-state index contributed by atoms with van der Waals surface area (Å²) >= 11 is 0. The standard InChI is InChI=1S/C24H17FO2/c25-21-10-11-22-19(13-20(14-24(26)27)23(22)15-21)12-16-6-8-18(9-7-16)17-4-2-1-3-5-17/h1-13,15H,14H2,(H,26,27). The molecule has 0 aromatic heterocycles. The van der Waals surface area contributed by atoms with Crippen molar-refractivity contribution in [1.82, 2.24) is 0 Å². The number of carboxylic acids is 1. The number of aliphatic carboxylic acids is 1. The molecular weight excluding hydrogens is 339 g/mol. The zero-order valence-electron chi connectivity index (χ0n) is 14.5. The Labute approximate surface area is 156 Å². The van der Waals surface area contributed by atoms with Crippen molar-refractivity contribution in [1.29, 1.82) is 0 Å². The van der Waals surface area contributed by atoms with E-state index >= 15 is 0 Å². The lowest BCUT2D eigenvalue weighted by Crippen LogP contribution is -1.96. The van der Waals surface area contributed by atoms with Crippen LogP contribution in [-0.2, 0) is 4.79 Å². The predicted octanol–water partition coefficient (Wildman–Crippen LogP) is 5.91. The SMILES string of the molecule is O=C(O)CC1=CC(=Cc2ccc(-c3ccccc3)cc2)c2ccc(F)cc21. The predicted molar refractivity (Wildman–Crippen MR) is 106 cm³/mol. The van der Waals surface area contributed by atoms with Gasteiger partial charge in [-0.2, -0.15) is 0 Å². The van der Waals surface area contributed by atoms with E-state index in [1.54, 1.807) is 6.07 Å². The first-order chi connectivity index (χ1) is 13.1. The highest BCUT2D eigenvalue weighted by Gasteiger charge is 2.20. The Bertz CT molecular complexity index is 1060. The fourth-order valence-corrected chi connectivity index (χ4v) is 3.39. The number of rotatable bonds is 4. The van der Waals surface area contributed by atoms with Gasteiger partial charge in [0.1, 0.15) is 5.82 Å². The van der Waals surface area contributed by atoms with Crippen LogP contribution in [0.2, 0.25) is 0 Å². The summed E-state index contributed by atoms with van der Waals surface area (Å²) in [6.45, 7) is 0. The van der Waals surface area contributed by atoms with Crippen LogP contribution in [0.3, 0.4) is 0 Å². The molecule has 4 rings (SSSR count). The van der Waals surface area contributed by atoms with Gasteiger partial charge in [-0.1, -0.05) is 60.7 Å². The van der Waals surface area contributed by atoms with Crippen LogP contribution in [-0.4, -0.2) is 11.1 Å². The Kier molecular flexibility index (Phi) is 4.43. The number of fused-ring (bicyclic) bond motifs is 1. The van der Waals surface area contributed by atoms with E-state index in [2.05, 4.69) is 24.3 Å². The van der Waals surface area contributed by atoms with Crippen molar-refractivity contribution in [3.05, 3.63) is 101 Å². The highest BCUT2D eigenvalue weighted by molar-refractivity contribution is 6.04. The smallest absolute Gasteiger partial charge is 0.307 e. The van der Waals surface area contributed by atoms with Gasteiger partial charge in [0.2, 0.25) is 0 Å². The summed E-state index contributed by atoms with van der Waals surface area (Å²) in [5.41, 5.74) is 6.34. The molecule has 0 saturated heterocycles. The van der Waals surface area contributed by atoms with Crippen LogP contribution in [0.4, 0.5) is 4.39 Å². The summed E-state index contributed by atoms with van der Waals surface area (Å²) in [4.78, 5) is 11.1. The average molecular weight is 356 g/mol. The lowest BCUT2D eigenvalue weighted by molar-refractivity contribution is -0.135. The van der Waals surface area contributed by atoms with Crippen LogP contribution in [0.5, 0.6) is 0 Å². The minimum atomic E-state index is -0.926. The van der Waals surface area contributed by atoms with Gasteiger partial charge in [0.15, 0.2) is 0 Å². The normalized spacial score (nSPS) is 14.1. The van der Waals surface area contributed by atoms with Crippen molar-refractivity contribution in [2.45, 2.75) is 6.42 Å². The minimum absolute atomic E-state index is 0.124. The average Bonchev–Trinajstić information content (AvgIpc) is 2.99. The first-order valence-electron chi connectivity index (χ1n) is 8.70. The van der Waals surface area contributed by atoms with E-state index < -0.39 is 5.97 Å². The van der Waals surface area contributed by atoms with Crippen LogP contribution in [0.1, 0.15) is 23.1 Å². The second kappa shape index (κ2) is 7.04. The molecule has 3 aromatic rings. The molecule has 0 saturated carbocycles. The van der Waals surface area contributed by atoms with Crippen molar-refractivity contribution in [2.24, 2.45) is 0 Å². The van der Waals surface area contributed by atoms with Crippen LogP contribution in [0.25, 0.3) is 28.3 Å². The monoisotopic (exact) mass is 356 g/mol. The number of hydrogen-bond acceptors (Lipinski definition) is 1. The van der Waals surface area contributed by atoms with Crippen LogP contribution >= 0.6 is 0 Å². The summed E-state index contributed by atoms with van der Waals surface area (Å²) in [5, 5.41) is 9.13. The first-order valence-corrected chi connectivity index (χ1v) is 8.70. The molecule has 3 aromatic carbocycles. The Morgan fingerprint density at radius 2 is 1.59 bits per heavy atom. The molecule has 0 atom stereocenters. The third-order valence-electron chi connectivity index (χ3n) is 4.65. The zero-order chi connectivity index (χ0) is 18.8. The molecule has 27 heavy (non-hydrogen) atoms. The molecule has 132 valence electrons. The third kappa shape index (κ3) is 3.58. The molecule has 1 aliphatic rings. The maximum absolute atomic E-state index is 13.6. The van der Waals surface area contributed by atoms with Gasteiger partial charge in [0, 0.05) is 0 Å². The molecule has 0 aliphatic heterocycles. The maximum atomic E-state index is 13.6. The maximum Gasteiger partial charge on any atom is 0.307 e. The van der Waals surface area contributed by atoms with Crippen molar-refractivity contribution in [3.63, 3.8) is 0 Å². The molecule has 1 aliphatic carbocycles. The first kappa shape index (κ1) is 17.0. The van der Waals surface area contributed by atoms with Gasteiger partial charge >= 0.3 is 5.97 Å². The quantitative estimate of drug-likeness (QED) is 0.631. The second-order valence-electron chi connectivity index (χ2n) is 6.52. The Morgan fingerprint density at radius 3 is 2.30 bits per heavy atom. The van der Waals surface area contributed by atoms with E-state index in [0.717, 1.165) is 27.8 Å². The largest absolute Gasteiger partial charge is 0.481 e. The number of allylic oxidation sites excluding steroid dienone is 2. The highest BCUT2D eigenvalue weighted by Crippen LogP contribution is 2.38. The van der Waals surface area contributed by atoms with Gasteiger partial charge in [-0.3, -0.25) is 4.79 Å². The van der Waals surface area contributed by atoms with Crippen molar-refractivity contribution in [2.75, 3.05) is 0 Å². The van der Waals surface area contributed by atoms with Crippen LogP contribution < -0.4 is 0 Å². The minimum Gasteiger partial charge on any atom is -0.481 e. The molecule has 0 heterocycles. The Morgan fingerprint density at radius 1 is 0.889 bits per heavy atom. The van der Waals surface area contributed by atoms with Gasteiger partial charge in [0.25, 0.3) is 0 Å². The lowest BCUT2D eigenvalue weighted by Gasteiger charge is -2.05. The molecular formula is C24H17FO2. The van der Waals surface area contributed by atoms with Crippen molar-refractivity contribution in [3.8, 4) is 11.1 Å². The molecule has 0 unspecified atom stereocenters. The van der Waals surface area contributed by atoms with Crippen molar-refractivity contribution < 1.29 is 14.3 Å². The van der Waals surface area contributed by atoms with E-state index in [1.165, 1.54) is 12.1 Å². The summed E-state index contributed by atoms with van der Waals surface area (Å²) in [6, 6.07) is 22.8. The van der Waals surface area contributed by atoms with Gasteiger partial charge in [0.05, 0.1) is 6.42 Å². The molecule has 1 N–H and O–H groups in total. The van der Waals surface area contributed by atoms with Gasteiger partial charge < -0.3 is 5.11 Å². The third-order valence-corrected chi connectivity index (χ3v) is 4.65. The number of benzene rings is 3. The topological polar surface area (TPSA) is 37.3 Å². The highest BCUT2D eigenvalue weighted by atomic mass is 19.1. The second-order valence-corrected chi connectivity index (χ2v) is 6.52. The van der Waals surface area contributed by atoms with E-state index in [9.17, 15) is 9.18 Å². The summed E-state index contributed by atoms with van der Waals surface area (Å²) < 4.78 is 13.6. The van der Waals surface area contributed by atoms with Gasteiger partial charge in [-0.15, -0.1) is 0 Å². The summed E-state index contributed by atoms with van der Waals surface area (Å²) in [6.07, 6.45) is 3.71. The zero-order valence-corrected chi connectivity index (χ0v) is 14.5. The van der Waals surface area contributed by atoms with Crippen LogP contribution in [0, 0.1) is 5.82 Å². The molecule has 0 radical (unpaired) electrons. The lowest BCUT2D eigenvalue weighted by atomic mass is 10.00. The fraction of sp³-hybridized carbons (Fsp3) is 0.0417.